The van der Waals surface area contributed by atoms with Gasteiger partial charge in [0.1, 0.15) is 5.60 Å². The summed E-state index contributed by atoms with van der Waals surface area (Å²) in [5.41, 5.74) is 2.36. The van der Waals surface area contributed by atoms with Gasteiger partial charge in [-0.2, -0.15) is 0 Å². The summed E-state index contributed by atoms with van der Waals surface area (Å²) in [6.07, 6.45) is -0.441. The Labute approximate surface area is 189 Å². The number of para-hydroxylation sites is 1. The second kappa shape index (κ2) is 11.2. The van der Waals surface area contributed by atoms with Crippen LogP contribution >= 0.6 is 0 Å². The molecule has 3 amide bonds. The Balaban J connectivity index is 1.87. The Kier molecular flexibility index (Phi) is 8.63. The first-order valence-corrected chi connectivity index (χ1v) is 10.5. The Morgan fingerprint density at radius 2 is 1.59 bits per heavy atom. The SMILES string of the molecule is CN(C)c1ccc(C(=O)Nc2ccccc2CNC(=O)CCNC(=O)OC(C)(C)C)cc1. The molecule has 0 aromatic heterocycles. The molecule has 172 valence electrons. The van der Waals surface area contributed by atoms with Crippen molar-refractivity contribution in [3.63, 3.8) is 0 Å². The van der Waals surface area contributed by atoms with Crippen LogP contribution in [0.1, 0.15) is 43.1 Å². The average molecular weight is 441 g/mol. The summed E-state index contributed by atoms with van der Waals surface area (Å²) in [4.78, 5) is 38.3. The summed E-state index contributed by atoms with van der Waals surface area (Å²) < 4.78 is 5.13. The van der Waals surface area contributed by atoms with E-state index in [1.165, 1.54) is 0 Å². The lowest BCUT2D eigenvalue weighted by Crippen LogP contribution is -2.35. The van der Waals surface area contributed by atoms with Crippen molar-refractivity contribution in [2.45, 2.75) is 39.3 Å². The Morgan fingerprint density at radius 1 is 0.938 bits per heavy atom. The first kappa shape index (κ1) is 24.7. The Bertz CT molecular complexity index is 934. The maximum absolute atomic E-state index is 12.6. The van der Waals surface area contributed by atoms with Crippen LogP contribution in [-0.2, 0) is 16.1 Å². The van der Waals surface area contributed by atoms with Crippen molar-refractivity contribution < 1.29 is 19.1 Å². The van der Waals surface area contributed by atoms with Crippen LogP contribution in [0.25, 0.3) is 0 Å². The topological polar surface area (TPSA) is 99.8 Å². The first-order valence-electron chi connectivity index (χ1n) is 10.5. The van der Waals surface area contributed by atoms with Crippen molar-refractivity contribution >= 4 is 29.3 Å². The van der Waals surface area contributed by atoms with Gasteiger partial charge in [-0.15, -0.1) is 0 Å². The quantitative estimate of drug-likeness (QED) is 0.583. The molecule has 2 aromatic carbocycles. The molecular weight excluding hydrogens is 408 g/mol. The van der Waals surface area contributed by atoms with Crippen LogP contribution < -0.4 is 20.9 Å². The van der Waals surface area contributed by atoms with E-state index in [4.69, 9.17) is 4.74 Å². The maximum atomic E-state index is 12.6. The first-order chi connectivity index (χ1) is 15.0. The molecule has 2 aromatic rings. The third-order valence-electron chi connectivity index (χ3n) is 4.41. The number of hydrogen-bond donors (Lipinski definition) is 3. The number of anilines is 2. The van der Waals surface area contributed by atoms with Crippen molar-refractivity contribution in [2.24, 2.45) is 0 Å². The largest absolute Gasteiger partial charge is 0.444 e. The molecular formula is C24H32N4O4. The van der Waals surface area contributed by atoms with Gasteiger partial charge in [-0.1, -0.05) is 18.2 Å². The van der Waals surface area contributed by atoms with Crippen molar-refractivity contribution in [3.8, 4) is 0 Å². The predicted octanol–water partition coefficient (Wildman–Crippen LogP) is 3.54. The molecule has 0 aliphatic rings. The molecule has 8 nitrogen and oxygen atoms in total. The standard InChI is InChI=1S/C24H32N4O4/c1-24(2,3)32-23(31)25-15-14-21(29)26-16-18-8-6-7-9-20(18)27-22(30)17-10-12-19(13-11-17)28(4)5/h6-13H,14-16H2,1-5H3,(H,25,31)(H,26,29)(H,27,30). The number of amides is 3. The fourth-order valence-corrected chi connectivity index (χ4v) is 2.78. The van der Waals surface area contributed by atoms with E-state index in [0.717, 1.165) is 11.3 Å². The molecule has 32 heavy (non-hydrogen) atoms. The number of nitrogens with one attached hydrogen (secondary N) is 3. The maximum Gasteiger partial charge on any atom is 0.407 e. The Hall–Kier alpha value is -3.55. The molecule has 0 heterocycles. The van der Waals surface area contributed by atoms with Crippen molar-refractivity contribution in [1.82, 2.24) is 10.6 Å². The summed E-state index contributed by atoms with van der Waals surface area (Å²) in [5, 5.41) is 8.26. The number of benzene rings is 2. The molecule has 8 heteroatoms. The zero-order chi connectivity index (χ0) is 23.7. The van der Waals surface area contributed by atoms with E-state index < -0.39 is 11.7 Å². The van der Waals surface area contributed by atoms with Gasteiger partial charge in [0.2, 0.25) is 5.91 Å². The van der Waals surface area contributed by atoms with Crippen molar-refractivity contribution in [2.75, 3.05) is 30.9 Å². The van der Waals surface area contributed by atoms with Gasteiger partial charge in [0.15, 0.2) is 0 Å². The lowest BCUT2D eigenvalue weighted by Gasteiger charge is -2.19. The fraction of sp³-hybridized carbons (Fsp3) is 0.375. The number of nitrogens with zero attached hydrogens (tertiary/aromatic N) is 1. The zero-order valence-electron chi connectivity index (χ0n) is 19.3. The van der Waals surface area contributed by atoms with Gasteiger partial charge >= 0.3 is 6.09 Å². The molecule has 0 spiro atoms. The lowest BCUT2D eigenvalue weighted by molar-refractivity contribution is -0.121. The molecule has 0 radical (unpaired) electrons. The molecule has 0 saturated heterocycles. The summed E-state index contributed by atoms with van der Waals surface area (Å²) in [6, 6.07) is 14.6. The van der Waals surface area contributed by atoms with Crippen LogP contribution in [0.3, 0.4) is 0 Å². The highest BCUT2D eigenvalue weighted by molar-refractivity contribution is 6.04. The molecule has 0 bridgehead atoms. The molecule has 0 atom stereocenters. The summed E-state index contributed by atoms with van der Waals surface area (Å²) in [5.74, 6) is -0.447. The van der Waals surface area contributed by atoms with E-state index in [0.29, 0.717) is 11.3 Å². The number of hydrogen-bond acceptors (Lipinski definition) is 5. The minimum atomic E-state index is -0.588. The number of carbonyl (C=O) groups is 3. The second-order valence-corrected chi connectivity index (χ2v) is 8.51. The van der Waals surface area contributed by atoms with Gasteiger partial charge in [0, 0.05) is 50.5 Å². The van der Waals surface area contributed by atoms with Gasteiger partial charge in [-0.25, -0.2) is 4.79 Å². The summed E-state index contributed by atoms with van der Waals surface area (Å²) >= 11 is 0. The molecule has 0 saturated carbocycles. The minimum Gasteiger partial charge on any atom is -0.444 e. The third kappa shape index (κ3) is 8.29. The molecule has 3 N–H and O–H groups in total. The van der Waals surface area contributed by atoms with Gasteiger partial charge in [0.25, 0.3) is 5.91 Å². The van der Waals surface area contributed by atoms with Crippen molar-refractivity contribution in [1.29, 1.82) is 0 Å². The van der Waals surface area contributed by atoms with Gasteiger partial charge in [-0.05, 0) is 56.7 Å². The van der Waals surface area contributed by atoms with E-state index in [1.54, 1.807) is 39.0 Å². The smallest absolute Gasteiger partial charge is 0.407 e. The molecule has 0 fully saturated rings. The third-order valence-corrected chi connectivity index (χ3v) is 4.41. The summed E-state index contributed by atoms with van der Waals surface area (Å²) in [6.45, 7) is 5.74. The van der Waals surface area contributed by atoms with Crippen LogP contribution in [0, 0.1) is 0 Å². The second-order valence-electron chi connectivity index (χ2n) is 8.51. The number of carbonyl (C=O) groups excluding carboxylic acids is 3. The monoisotopic (exact) mass is 440 g/mol. The molecule has 0 aliphatic carbocycles. The highest BCUT2D eigenvalue weighted by atomic mass is 16.6. The zero-order valence-corrected chi connectivity index (χ0v) is 19.3. The van der Waals surface area contributed by atoms with E-state index in [1.807, 2.05) is 49.3 Å². The predicted molar refractivity (Wildman–Crippen MR) is 126 cm³/mol. The van der Waals surface area contributed by atoms with Crippen LogP contribution in [0.2, 0.25) is 0 Å². The highest BCUT2D eigenvalue weighted by Gasteiger charge is 2.16. The van der Waals surface area contributed by atoms with Crippen LogP contribution in [0.4, 0.5) is 16.2 Å². The van der Waals surface area contributed by atoms with Crippen LogP contribution in [0.15, 0.2) is 48.5 Å². The van der Waals surface area contributed by atoms with E-state index in [-0.39, 0.29) is 31.3 Å². The van der Waals surface area contributed by atoms with Gasteiger partial charge in [0.05, 0.1) is 0 Å². The van der Waals surface area contributed by atoms with E-state index in [9.17, 15) is 14.4 Å². The normalized spacial score (nSPS) is 10.8. The number of alkyl carbamates (subject to hydrolysis) is 1. The number of ether oxygens (including phenoxy) is 1. The average Bonchev–Trinajstić information content (AvgIpc) is 2.71. The van der Waals surface area contributed by atoms with Crippen LogP contribution in [0.5, 0.6) is 0 Å². The van der Waals surface area contributed by atoms with E-state index >= 15 is 0 Å². The van der Waals surface area contributed by atoms with E-state index in [2.05, 4.69) is 16.0 Å². The fourth-order valence-electron chi connectivity index (χ4n) is 2.78. The molecule has 2 rings (SSSR count). The Morgan fingerprint density at radius 3 is 2.22 bits per heavy atom. The van der Waals surface area contributed by atoms with Gasteiger partial charge in [-0.3, -0.25) is 9.59 Å². The lowest BCUT2D eigenvalue weighted by atomic mass is 10.1. The van der Waals surface area contributed by atoms with Crippen molar-refractivity contribution in [3.05, 3.63) is 59.7 Å². The molecule has 0 unspecified atom stereocenters. The number of rotatable bonds is 8. The highest BCUT2D eigenvalue weighted by Crippen LogP contribution is 2.18. The van der Waals surface area contributed by atoms with Crippen LogP contribution in [-0.4, -0.2) is 44.1 Å². The summed E-state index contributed by atoms with van der Waals surface area (Å²) in [7, 11) is 3.88. The molecule has 0 aliphatic heterocycles. The minimum absolute atomic E-state index is 0.117. The van der Waals surface area contributed by atoms with Gasteiger partial charge < -0.3 is 25.6 Å².